The topological polar surface area (TPSA) is 104 Å². The van der Waals surface area contributed by atoms with Crippen LogP contribution in [0.3, 0.4) is 0 Å². The number of aryl methyl sites for hydroxylation is 1. The van der Waals surface area contributed by atoms with Crippen LogP contribution < -0.4 is 15.4 Å². The van der Waals surface area contributed by atoms with E-state index in [4.69, 9.17) is 16.3 Å². The third-order valence-corrected chi connectivity index (χ3v) is 5.59. The number of nitrogens with one attached hydrogen (secondary N) is 2. The zero-order valence-electron chi connectivity index (χ0n) is 18.0. The number of hydrogen-bond donors (Lipinski definition) is 3. The van der Waals surface area contributed by atoms with Gasteiger partial charge in [-0.1, -0.05) is 36.6 Å². The van der Waals surface area contributed by atoms with Gasteiger partial charge in [-0.3, -0.25) is 5.32 Å². The van der Waals surface area contributed by atoms with Crippen LogP contribution in [0.1, 0.15) is 47.2 Å². The Morgan fingerprint density at radius 1 is 1.23 bits per heavy atom. The van der Waals surface area contributed by atoms with Crippen LogP contribution in [0.25, 0.3) is 0 Å². The number of urea groups is 1. The molecule has 1 heterocycles. The number of benzene rings is 1. The molecule has 0 saturated carbocycles. The van der Waals surface area contributed by atoms with Crippen LogP contribution in [0.2, 0.25) is 5.02 Å². The number of ether oxygens (including phenoxy) is 1. The second-order valence-electron chi connectivity index (χ2n) is 7.48. The van der Waals surface area contributed by atoms with Gasteiger partial charge in [0.15, 0.2) is 5.56 Å². The summed E-state index contributed by atoms with van der Waals surface area (Å²) in [4.78, 5) is 26.0. The number of amides is 2. The lowest BCUT2D eigenvalue weighted by Crippen LogP contribution is -2.29. The predicted octanol–water partition coefficient (Wildman–Crippen LogP) is 4.63. The standard InChI is InChI=1S/C21H29ClN4O4S/c1-14-8-9-15(16(22)12-14)13-30-18-17(20(27)28)19(31-25-18)24-21(29)23-10-6-4-5-7-11-26(2)3/h8-9,12H,4-7,10-11,13H2,1-3H3,(H,27,28)(H2,23,24,29). The number of hydrogen-bond acceptors (Lipinski definition) is 6. The quantitative estimate of drug-likeness (QED) is 0.392. The molecule has 0 aliphatic heterocycles. The van der Waals surface area contributed by atoms with E-state index < -0.39 is 12.0 Å². The Hall–Kier alpha value is -2.36. The van der Waals surface area contributed by atoms with E-state index in [2.05, 4.69) is 19.9 Å². The smallest absolute Gasteiger partial charge is 0.344 e. The van der Waals surface area contributed by atoms with Crippen LogP contribution >= 0.6 is 23.1 Å². The number of nitrogens with zero attached hydrogens (tertiary/aromatic N) is 2. The lowest BCUT2D eigenvalue weighted by atomic mass is 10.2. The SMILES string of the molecule is Cc1ccc(COc2nsc(NC(=O)NCCCCCCN(C)C)c2C(=O)O)c(Cl)c1. The number of anilines is 1. The van der Waals surface area contributed by atoms with Gasteiger partial charge in [-0.2, -0.15) is 4.37 Å². The van der Waals surface area contributed by atoms with Crippen LogP contribution in [0, 0.1) is 6.92 Å². The predicted molar refractivity (Wildman–Crippen MR) is 124 cm³/mol. The molecule has 0 saturated heterocycles. The fourth-order valence-corrected chi connectivity index (χ4v) is 3.83. The Morgan fingerprint density at radius 2 is 1.97 bits per heavy atom. The zero-order chi connectivity index (χ0) is 22.8. The van der Waals surface area contributed by atoms with Crippen LogP contribution in [0.4, 0.5) is 9.80 Å². The molecule has 10 heteroatoms. The molecule has 0 aliphatic rings. The number of aromatic carboxylic acids is 1. The molecule has 3 N–H and O–H groups in total. The first kappa shape index (κ1) is 24.9. The average Bonchev–Trinajstić information content (AvgIpc) is 3.09. The fourth-order valence-electron chi connectivity index (χ4n) is 2.82. The summed E-state index contributed by atoms with van der Waals surface area (Å²) >= 11 is 7.06. The maximum atomic E-state index is 12.1. The van der Waals surface area contributed by atoms with Crippen LogP contribution in [-0.4, -0.2) is 53.6 Å². The van der Waals surface area contributed by atoms with E-state index in [1.807, 2.05) is 33.2 Å². The molecular formula is C21H29ClN4O4S. The molecule has 0 unspecified atom stereocenters. The maximum absolute atomic E-state index is 12.1. The summed E-state index contributed by atoms with van der Waals surface area (Å²) in [7, 11) is 4.09. The van der Waals surface area contributed by atoms with E-state index in [9.17, 15) is 14.7 Å². The molecule has 0 aliphatic carbocycles. The van der Waals surface area contributed by atoms with Crippen molar-refractivity contribution in [2.75, 3.05) is 32.5 Å². The lowest BCUT2D eigenvalue weighted by Gasteiger charge is -2.09. The molecule has 0 bridgehead atoms. The first-order chi connectivity index (χ1) is 14.8. The van der Waals surface area contributed by atoms with E-state index in [1.165, 1.54) is 0 Å². The molecule has 0 fully saturated rings. The lowest BCUT2D eigenvalue weighted by molar-refractivity contribution is 0.0693. The second kappa shape index (κ2) is 12.5. The molecule has 0 radical (unpaired) electrons. The minimum absolute atomic E-state index is 0.0506. The maximum Gasteiger partial charge on any atom is 0.344 e. The van der Waals surface area contributed by atoms with Gasteiger partial charge in [-0.05, 0) is 63.6 Å². The van der Waals surface area contributed by atoms with Crippen molar-refractivity contribution in [1.82, 2.24) is 14.6 Å². The first-order valence-corrected chi connectivity index (χ1v) is 11.2. The third-order valence-electron chi connectivity index (χ3n) is 4.49. The van der Waals surface area contributed by atoms with Gasteiger partial charge in [0.05, 0.1) is 0 Å². The van der Waals surface area contributed by atoms with E-state index in [1.54, 1.807) is 6.07 Å². The summed E-state index contributed by atoms with van der Waals surface area (Å²) < 4.78 is 9.63. The number of carbonyl (C=O) groups excluding carboxylic acids is 1. The Kier molecular flexibility index (Phi) is 10.0. The van der Waals surface area contributed by atoms with Crippen molar-refractivity contribution < 1.29 is 19.4 Å². The van der Waals surface area contributed by atoms with Crippen molar-refractivity contribution in [3.63, 3.8) is 0 Å². The number of carbonyl (C=O) groups is 2. The minimum atomic E-state index is -1.23. The van der Waals surface area contributed by atoms with Gasteiger partial charge in [-0.15, -0.1) is 0 Å². The van der Waals surface area contributed by atoms with Crippen molar-refractivity contribution in [1.29, 1.82) is 0 Å². The Morgan fingerprint density at radius 3 is 2.65 bits per heavy atom. The van der Waals surface area contributed by atoms with Crippen LogP contribution in [-0.2, 0) is 6.61 Å². The summed E-state index contributed by atoms with van der Waals surface area (Å²) in [5, 5.41) is 15.5. The number of halogens is 1. The number of carboxylic acids is 1. The highest BCUT2D eigenvalue weighted by Crippen LogP contribution is 2.31. The molecule has 2 rings (SSSR count). The van der Waals surface area contributed by atoms with Crippen molar-refractivity contribution >= 4 is 40.1 Å². The Bertz CT molecular complexity index is 888. The second-order valence-corrected chi connectivity index (χ2v) is 8.66. The van der Waals surface area contributed by atoms with Gasteiger partial charge in [0, 0.05) is 17.1 Å². The monoisotopic (exact) mass is 468 g/mol. The van der Waals surface area contributed by atoms with Gasteiger partial charge in [0.25, 0.3) is 0 Å². The van der Waals surface area contributed by atoms with Crippen LogP contribution in [0.15, 0.2) is 18.2 Å². The number of unbranched alkanes of at least 4 members (excludes halogenated alkanes) is 3. The molecule has 2 aromatic rings. The van der Waals surface area contributed by atoms with Crippen molar-refractivity contribution in [2.45, 2.75) is 39.2 Å². The highest BCUT2D eigenvalue weighted by atomic mass is 35.5. The highest BCUT2D eigenvalue weighted by Gasteiger charge is 2.23. The summed E-state index contributed by atoms with van der Waals surface area (Å²) in [6, 6.07) is 5.05. The fraction of sp³-hybridized carbons (Fsp3) is 0.476. The van der Waals surface area contributed by atoms with Crippen LogP contribution in [0.5, 0.6) is 5.88 Å². The molecule has 170 valence electrons. The molecule has 8 nitrogen and oxygen atoms in total. The van der Waals surface area contributed by atoms with E-state index in [-0.39, 0.29) is 23.1 Å². The minimum Gasteiger partial charge on any atom is -0.477 e. The van der Waals surface area contributed by atoms with E-state index >= 15 is 0 Å². The van der Waals surface area contributed by atoms with Gasteiger partial charge in [0.2, 0.25) is 5.88 Å². The number of carboxylic acid groups (broad SMARTS) is 1. The molecule has 31 heavy (non-hydrogen) atoms. The molecule has 0 spiro atoms. The molecule has 1 aromatic carbocycles. The highest BCUT2D eigenvalue weighted by molar-refractivity contribution is 7.11. The molecule has 0 atom stereocenters. The molecular weight excluding hydrogens is 440 g/mol. The van der Waals surface area contributed by atoms with Gasteiger partial charge >= 0.3 is 12.0 Å². The number of aromatic nitrogens is 1. The Balaban J connectivity index is 1.85. The average molecular weight is 469 g/mol. The summed E-state index contributed by atoms with van der Waals surface area (Å²) in [6.45, 7) is 3.57. The van der Waals surface area contributed by atoms with Gasteiger partial charge in [-0.25, -0.2) is 9.59 Å². The first-order valence-electron chi connectivity index (χ1n) is 10.1. The summed E-state index contributed by atoms with van der Waals surface area (Å²) in [5.41, 5.74) is 1.56. The van der Waals surface area contributed by atoms with Gasteiger partial charge < -0.3 is 20.1 Å². The summed E-state index contributed by atoms with van der Waals surface area (Å²) in [5.74, 6) is -1.28. The number of rotatable bonds is 12. The normalized spacial score (nSPS) is 10.9. The van der Waals surface area contributed by atoms with Crippen molar-refractivity contribution in [3.8, 4) is 5.88 Å². The van der Waals surface area contributed by atoms with Crippen molar-refractivity contribution in [2.24, 2.45) is 0 Å². The van der Waals surface area contributed by atoms with E-state index in [0.717, 1.165) is 54.9 Å². The zero-order valence-corrected chi connectivity index (χ0v) is 19.6. The van der Waals surface area contributed by atoms with E-state index in [0.29, 0.717) is 11.6 Å². The molecule has 1 aromatic heterocycles. The summed E-state index contributed by atoms with van der Waals surface area (Å²) in [6.07, 6.45) is 4.11. The van der Waals surface area contributed by atoms with Gasteiger partial charge in [0.1, 0.15) is 11.6 Å². The van der Waals surface area contributed by atoms with Crippen molar-refractivity contribution in [3.05, 3.63) is 39.9 Å². The molecule has 2 amide bonds. The third kappa shape index (κ3) is 8.35. The Labute approximate surface area is 191 Å². The largest absolute Gasteiger partial charge is 0.477 e.